The summed E-state index contributed by atoms with van der Waals surface area (Å²) in [6, 6.07) is 32.7. The van der Waals surface area contributed by atoms with Gasteiger partial charge >= 0.3 is 93.5 Å². The summed E-state index contributed by atoms with van der Waals surface area (Å²) in [5.41, 5.74) is 5.51. The smallest absolute Gasteiger partial charge is 0.0253 e. The van der Waals surface area contributed by atoms with Crippen molar-refractivity contribution in [3.05, 3.63) is 112 Å². The van der Waals surface area contributed by atoms with E-state index in [1.807, 2.05) is 47.7 Å². The summed E-state index contributed by atoms with van der Waals surface area (Å²) in [6.45, 7) is 4.49. The first-order valence-corrected chi connectivity index (χ1v) is 13.2. The van der Waals surface area contributed by atoms with Crippen molar-refractivity contribution in [3.8, 4) is 11.1 Å². The Morgan fingerprint density at radius 2 is 1.69 bits per heavy atom. The Kier molecular flexibility index (Phi) is 14.1. The number of benzene rings is 2. The van der Waals surface area contributed by atoms with Gasteiger partial charge in [-0.2, -0.15) is 48.0 Å². The molecule has 0 saturated heterocycles. The van der Waals surface area contributed by atoms with Crippen molar-refractivity contribution in [1.29, 1.82) is 0 Å². The van der Waals surface area contributed by atoms with Gasteiger partial charge in [0.2, 0.25) is 0 Å². The maximum absolute atomic E-state index is 3.30. The van der Waals surface area contributed by atoms with Crippen molar-refractivity contribution >= 4 is 14.6 Å². The van der Waals surface area contributed by atoms with Crippen molar-refractivity contribution in [2.75, 3.05) is 0 Å². The molecule has 0 N–H and O–H groups in total. The van der Waals surface area contributed by atoms with Gasteiger partial charge in [0.15, 0.2) is 0 Å². The van der Waals surface area contributed by atoms with E-state index < -0.39 is 0 Å². The molecule has 0 fully saturated rings. The minimum absolute atomic E-state index is 0. The third-order valence-electron chi connectivity index (χ3n) is 4.98. The average Bonchev–Trinajstić information content (AvgIpc) is 3.54. The normalized spacial score (nSPS) is 10.1. The zero-order valence-corrected chi connectivity index (χ0v) is 24.5. The Bertz CT molecular complexity index is 990. The van der Waals surface area contributed by atoms with Gasteiger partial charge in [0.1, 0.15) is 0 Å². The second-order valence-electron chi connectivity index (χ2n) is 7.35. The third kappa shape index (κ3) is 8.63. The first-order chi connectivity index (χ1) is 14.7. The van der Waals surface area contributed by atoms with Gasteiger partial charge in [-0.3, -0.25) is 0 Å². The number of unbranched alkanes of at least 4 members (excludes halogenated alkanes) is 1. The van der Waals surface area contributed by atoms with Crippen molar-refractivity contribution in [3.63, 3.8) is 0 Å². The van der Waals surface area contributed by atoms with Gasteiger partial charge in [-0.05, 0) is 6.42 Å². The Morgan fingerprint density at radius 1 is 0.969 bits per heavy atom. The van der Waals surface area contributed by atoms with Gasteiger partial charge in [0.05, 0.1) is 0 Å². The Labute approximate surface area is 224 Å². The van der Waals surface area contributed by atoms with E-state index in [0.29, 0.717) is 0 Å². The maximum Gasteiger partial charge on any atom is -0.0253 e. The van der Waals surface area contributed by atoms with Crippen LogP contribution in [0.2, 0.25) is 0 Å². The Hall–Kier alpha value is -1.19. The molecule has 3 aromatic carbocycles. The van der Waals surface area contributed by atoms with Crippen LogP contribution in [-0.4, -0.2) is 3.26 Å². The average molecular weight is 646 g/mol. The predicted octanol–water partition coefficient (Wildman–Crippen LogP) is 1.65. The molecule has 1 aromatic heterocycles. The summed E-state index contributed by atoms with van der Waals surface area (Å²) >= 11 is 3.18. The molecular weight excluding hydrogens is 618 g/mol. The molecule has 5 rings (SSSR count). The second kappa shape index (κ2) is 15.6. The van der Waals surface area contributed by atoms with Crippen LogP contribution in [0, 0.1) is 6.07 Å². The fourth-order valence-corrected chi connectivity index (χ4v) is 5.19. The molecule has 0 nitrogen and oxygen atoms in total. The van der Waals surface area contributed by atoms with Crippen LogP contribution in [0.1, 0.15) is 47.6 Å². The molecular formula is C28H28Cl2HfS-2. The van der Waals surface area contributed by atoms with E-state index in [1.165, 1.54) is 70.3 Å². The molecule has 0 atom stereocenters. The quantitative estimate of drug-likeness (QED) is 0.206. The predicted molar refractivity (Wildman–Crippen MR) is 128 cm³/mol. The number of hydrogen-bond donors (Lipinski definition) is 0. The number of thiophene rings is 1. The summed E-state index contributed by atoms with van der Waals surface area (Å²) in [5, 5.41) is 0. The molecule has 0 radical (unpaired) electrons. The number of rotatable bonds is 4. The minimum Gasteiger partial charge on any atom is -1.00 e. The zero-order chi connectivity index (χ0) is 21.2. The molecule has 1 aliphatic rings. The van der Waals surface area contributed by atoms with Crippen LogP contribution in [0.15, 0.2) is 84.9 Å². The molecule has 1 aliphatic carbocycles. The molecule has 166 valence electrons. The monoisotopic (exact) mass is 646 g/mol. The molecule has 0 bridgehead atoms. The first-order valence-electron chi connectivity index (χ1n) is 10.6. The van der Waals surface area contributed by atoms with Crippen LogP contribution in [0.4, 0.5) is 0 Å². The van der Waals surface area contributed by atoms with Crippen molar-refractivity contribution in [1.82, 2.24) is 0 Å². The van der Waals surface area contributed by atoms with E-state index in [1.54, 1.807) is 8.13 Å². The van der Waals surface area contributed by atoms with Crippen molar-refractivity contribution in [2.24, 2.45) is 0 Å². The Morgan fingerprint density at radius 3 is 2.31 bits per heavy atom. The van der Waals surface area contributed by atoms with Crippen LogP contribution >= 0.6 is 11.3 Å². The standard InChI is InChI=1S/C13H9.C10H14S.C5H5.2ClH.Hf/c1-3-7-12-10(5-1)9-11-6-2-4-8-13(11)12;1-3-5-6-10-8-7-9(4-2)11-10;1-2-4-5-3-1;;;/h1-5,7-8H,9H2;7-8H,3,5-6H2,1-2H3;1-5H;2*1H;/q-1;;-1;;;+2/p-2. The summed E-state index contributed by atoms with van der Waals surface area (Å²) in [6.07, 6.45) is 4.96. The van der Waals surface area contributed by atoms with Crippen molar-refractivity contribution < 1.29 is 48.7 Å². The summed E-state index contributed by atoms with van der Waals surface area (Å²) in [4.78, 5) is 3.06. The Balaban J connectivity index is 0.000000252. The number of hydrogen-bond acceptors (Lipinski definition) is 1. The molecule has 1 heterocycles. The largest absolute Gasteiger partial charge is 1.00 e. The van der Waals surface area contributed by atoms with E-state index in [0.717, 1.165) is 6.42 Å². The molecule has 0 unspecified atom stereocenters. The van der Waals surface area contributed by atoms with E-state index in [4.69, 9.17) is 0 Å². The zero-order valence-electron chi connectivity index (χ0n) is 18.6. The van der Waals surface area contributed by atoms with Gasteiger partial charge in [0.25, 0.3) is 0 Å². The van der Waals surface area contributed by atoms with E-state index in [9.17, 15) is 0 Å². The molecule has 32 heavy (non-hydrogen) atoms. The molecule has 0 spiro atoms. The molecule has 0 aliphatic heterocycles. The van der Waals surface area contributed by atoms with E-state index in [-0.39, 0.29) is 24.8 Å². The summed E-state index contributed by atoms with van der Waals surface area (Å²) in [5.74, 6) is 0. The molecule has 0 amide bonds. The molecule has 0 saturated carbocycles. The molecule has 4 aromatic rings. The first kappa shape index (κ1) is 28.8. The van der Waals surface area contributed by atoms with Gasteiger partial charge in [-0.15, -0.1) is 5.56 Å². The number of fused-ring (bicyclic) bond motifs is 3. The SMILES string of the molecule is CCCCc1ccc([C](C)=[Hf+2])s1.[Cl-].[Cl-].[c-]1cccc2c1Cc1ccccc1-2.c1cc[cH-]c1. The number of aryl methyl sites for hydroxylation is 1. The van der Waals surface area contributed by atoms with Gasteiger partial charge in [0, 0.05) is 0 Å². The van der Waals surface area contributed by atoms with Gasteiger partial charge < -0.3 is 24.8 Å². The van der Waals surface area contributed by atoms with E-state index >= 15 is 0 Å². The maximum atomic E-state index is 3.30. The summed E-state index contributed by atoms with van der Waals surface area (Å²) in [7, 11) is 0. The second-order valence-corrected chi connectivity index (χ2v) is 11.2. The van der Waals surface area contributed by atoms with Crippen LogP contribution in [0.3, 0.4) is 0 Å². The summed E-state index contributed by atoms with van der Waals surface area (Å²) < 4.78 is 1.57. The van der Waals surface area contributed by atoms with Gasteiger partial charge in [-0.1, -0.05) is 35.4 Å². The van der Waals surface area contributed by atoms with Crippen LogP contribution < -0.4 is 24.8 Å². The van der Waals surface area contributed by atoms with Gasteiger partial charge in [-0.25, -0.2) is 12.1 Å². The topological polar surface area (TPSA) is 0 Å². The fourth-order valence-electron chi connectivity index (χ4n) is 3.38. The van der Waals surface area contributed by atoms with E-state index in [2.05, 4.69) is 68.4 Å². The number of halogens is 2. The molecule has 4 heteroatoms. The fraction of sp³-hybridized carbons (Fsp3) is 0.214. The minimum atomic E-state index is 0. The third-order valence-corrected chi connectivity index (χ3v) is 7.86. The van der Waals surface area contributed by atoms with Crippen LogP contribution in [0.25, 0.3) is 11.1 Å². The van der Waals surface area contributed by atoms with Crippen molar-refractivity contribution in [2.45, 2.75) is 39.5 Å². The van der Waals surface area contributed by atoms with Crippen LogP contribution in [-0.2, 0) is 36.7 Å². The van der Waals surface area contributed by atoms with Crippen LogP contribution in [0.5, 0.6) is 0 Å².